The van der Waals surface area contributed by atoms with Crippen molar-refractivity contribution in [2.24, 2.45) is 5.92 Å². The summed E-state index contributed by atoms with van der Waals surface area (Å²) in [5, 5.41) is 0. The highest BCUT2D eigenvalue weighted by Crippen LogP contribution is 2.33. The first-order valence-corrected chi connectivity index (χ1v) is 13.3. The Balaban J connectivity index is 1.71. The van der Waals surface area contributed by atoms with Crippen molar-refractivity contribution in [2.45, 2.75) is 65.3 Å². The minimum absolute atomic E-state index is 0.0333. The van der Waals surface area contributed by atoms with E-state index in [0.717, 1.165) is 53.5 Å². The van der Waals surface area contributed by atoms with Gasteiger partial charge in [0.2, 0.25) is 0 Å². The van der Waals surface area contributed by atoms with Gasteiger partial charge in [-0.3, -0.25) is 9.13 Å². The molecule has 3 heteroatoms. The Morgan fingerprint density at radius 1 is 0.629 bits per heavy atom. The SMILES string of the molecule is CCC(CC)CCCCCCn1c(-c2ccccc2)c(-c2ccccc2)n(-c2ccccc2)c1=O. The summed E-state index contributed by atoms with van der Waals surface area (Å²) in [6, 6.07) is 30.7. The lowest BCUT2D eigenvalue weighted by atomic mass is 9.96. The molecule has 35 heavy (non-hydrogen) atoms. The van der Waals surface area contributed by atoms with E-state index in [2.05, 4.69) is 50.2 Å². The number of nitrogens with zero attached hydrogens (tertiary/aromatic N) is 2. The highest BCUT2D eigenvalue weighted by Gasteiger charge is 2.23. The first kappa shape index (κ1) is 24.8. The predicted molar refractivity (Wildman–Crippen MR) is 148 cm³/mol. The third kappa shape index (κ3) is 5.85. The molecule has 0 aliphatic carbocycles. The molecule has 0 saturated heterocycles. The van der Waals surface area contributed by atoms with Crippen LogP contribution in [-0.2, 0) is 6.54 Å². The van der Waals surface area contributed by atoms with Crippen molar-refractivity contribution in [1.29, 1.82) is 0 Å². The maximum Gasteiger partial charge on any atom is 0.333 e. The van der Waals surface area contributed by atoms with Gasteiger partial charge in [-0.2, -0.15) is 0 Å². The standard InChI is InChI=1S/C32H38N2O/c1-3-26(4-2)18-10-5-6-17-25-33-30(27-19-11-7-12-20-27)31(28-21-13-8-14-22-28)34(32(33)35)29-23-15-9-16-24-29/h7-9,11-16,19-24,26H,3-6,10,17-18,25H2,1-2H3. The molecule has 0 aliphatic heterocycles. The van der Waals surface area contributed by atoms with Crippen LogP contribution in [0.5, 0.6) is 0 Å². The fourth-order valence-corrected chi connectivity index (χ4v) is 5.07. The lowest BCUT2D eigenvalue weighted by Crippen LogP contribution is -2.24. The second kappa shape index (κ2) is 12.4. The number of unbranched alkanes of at least 4 members (excludes halogenated alkanes) is 3. The quantitative estimate of drug-likeness (QED) is 0.193. The van der Waals surface area contributed by atoms with Gasteiger partial charge >= 0.3 is 5.69 Å². The van der Waals surface area contributed by atoms with Crippen LogP contribution in [0.15, 0.2) is 95.8 Å². The van der Waals surface area contributed by atoms with Crippen LogP contribution in [-0.4, -0.2) is 9.13 Å². The molecular weight excluding hydrogens is 428 g/mol. The van der Waals surface area contributed by atoms with Crippen molar-refractivity contribution in [2.75, 3.05) is 0 Å². The van der Waals surface area contributed by atoms with Crippen molar-refractivity contribution in [3.05, 3.63) is 101 Å². The lowest BCUT2D eigenvalue weighted by molar-refractivity contribution is 0.425. The van der Waals surface area contributed by atoms with Crippen LogP contribution >= 0.6 is 0 Å². The zero-order chi connectivity index (χ0) is 24.5. The fourth-order valence-electron chi connectivity index (χ4n) is 5.07. The van der Waals surface area contributed by atoms with E-state index in [0.29, 0.717) is 0 Å². The van der Waals surface area contributed by atoms with Crippen molar-refractivity contribution < 1.29 is 0 Å². The zero-order valence-electron chi connectivity index (χ0n) is 21.2. The number of aromatic nitrogens is 2. The van der Waals surface area contributed by atoms with Gasteiger partial charge in [-0.1, -0.05) is 131 Å². The summed E-state index contributed by atoms with van der Waals surface area (Å²) in [5.74, 6) is 0.857. The van der Waals surface area contributed by atoms with Gasteiger partial charge in [0.25, 0.3) is 0 Å². The highest BCUT2D eigenvalue weighted by atomic mass is 16.1. The Hall–Kier alpha value is -3.33. The smallest absolute Gasteiger partial charge is 0.291 e. The van der Waals surface area contributed by atoms with Crippen molar-refractivity contribution in [3.63, 3.8) is 0 Å². The molecule has 0 spiro atoms. The molecular formula is C32H38N2O. The van der Waals surface area contributed by atoms with E-state index < -0.39 is 0 Å². The Morgan fingerprint density at radius 2 is 1.14 bits per heavy atom. The Labute approximate surface area is 210 Å². The molecule has 1 aromatic heterocycles. The average Bonchev–Trinajstić information content (AvgIpc) is 3.21. The molecule has 0 radical (unpaired) electrons. The summed E-state index contributed by atoms with van der Waals surface area (Å²) in [6.45, 7) is 5.33. The van der Waals surface area contributed by atoms with E-state index in [-0.39, 0.29) is 5.69 Å². The normalized spacial score (nSPS) is 11.3. The molecule has 3 aromatic carbocycles. The Morgan fingerprint density at radius 3 is 1.71 bits per heavy atom. The Kier molecular flexibility index (Phi) is 8.78. The average molecular weight is 467 g/mol. The minimum Gasteiger partial charge on any atom is -0.291 e. The second-order valence-electron chi connectivity index (χ2n) is 9.42. The first-order valence-electron chi connectivity index (χ1n) is 13.3. The van der Waals surface area contributed by atoms with Crippen LogP contribution in [0.2, 0.25) is 0 Å². The summed E-state index contributed by atoms with van der Waals surface area (Å²) in [4.78, 5) is 14.0. The van der Waals surface area contributed by atoms with E-state index in [1.54, 1.807) is 0 Å². The largest absolute Gasteiger partial charge is 0.333 e. The monoisotopic (exact) mass is 466 g/mol. The van der Waals surface area contributed by atoms with Gasteiger partial charge in [0.1, 0.15) is 0 Å². The molecule has 4 rings (SSSR count). The zero-order valence-corrected chi connectivity index (χ0v) is 21.2. The third-order valence-corrected chi connectivity index (χ3v) is 7.15. The summed E-state index contributed by atoms with van der Waals surface area (Å²) in [6.07, 6.45) is 8.56. The van der Waals surface area contributed by atoms with Gasteiger partial charge < -0.3 is 0 Å². The molecule has 182 valence electrons. The van der Waals surface area contributed by atoms with Crippen molar-refractivity contribution >= 4 is 0 Å². The molecule has 0 unspecified atom stereocenters. The molecule has 4 aromatic rings. The summed E-state index contributed by atoms with van der Waals surface area (Å²) in [7, 11) is 0. The predicted octanol–water partition coefficient (Wildman–Crippen LogP) is 8.36. The maximum absolute atomic E-state index is 14.0. The van der Waals surface area contributed by atoms with Crippen LogP contribution in [0.3, 0.4) is 0 Å². The third-order valence-electron chi connectivity index (χ3n) is 7.15. The van der Waals surface area contributed by atoms with Crippen molar-refractivity contribution in [1.82, 2.24) is 9.13 Å². The van der Waals surface area contributed by atoms with Crippen LogP contribution in [0.4, 0.5) is 0 Å². The van der Waals surface area contributed by atoms with E-state index in [1.165, 1.54) is 32.1 Å². The molecule has 0 N–H and O–H groups in total. The van der Waals surface area contributed by atoms with Crippen LogP contribution in [0.1, 0.15) is 58.8 Å². The lowest BCUT2D eigenvalue weighted by Gasteiger charge is -2.12. The fraction of sp³-hybridized carbons (Fsp3) is 0.344. The minimum atomic E-state index is 0.0333. The number of para-hydroxylation sites is 1. The van der Waals surface area contributed by atoms with E-state index in [4.69, 9.17) is 0 Å². The van der Waals surface area contributed by atoms with Gasteiger partial charge in [-0.05, 0) is 24.5 Å². The van der Waals surface area contributed by atoms with Gasteiger partial charge in [0.05, 0.1) is 17.1 Å². The first-order chi connectivity index (χ1) is 17.2. The van der Waals surface area contributed by atoms with E-state index in [9.17, 15) is 4.79 Å². The van der Waals surface area contributed by atoms with Gasteiger partial charge in [0.15, 0.2) is 0 Å². The molecule has 0 aliphatic rings. The number of hydrogen-bond donors (Lipinski definition) is 0. The molecule has 0 saturated carbocycles. The Bertz CT molecular complexity index is 1220. The van der Waals surface area contributed by atoms with Crippen LogP contribution in [0.25, 0.3) is 28.2 Å². The second-order valence-corrected chi connectivity index (χ2v) is 9.42. The molecule has 0 atom stereocenters. The van der Waals surface area contributed by atoms with Crippen LogP contribution < -0.4 is 5.69 Å². The number of benzene rings is 3. The van der Waals surface area contributed by atoms with Gasteiger partial charge in [-0.25, -0.2) is 4.79 Å². The number of rotatable bonds is 12. The summed E-state index contributed by atoms with van der Waals surface area (Å²) < 4.78 is 3.90. The number of imidazole rings is 1. The van der Waals surface area contributed by atoms with E-state index in [1.807, 2.05) is 63.7 Å². The summed E-state index contributed by atoms with van der Waals surface area (Å²) in [5.41, 5.74) is 5.02. The number of hydrogen-bond acceptors (Lipinski definition) is 1. The van der Waals surface area contributed by atoms with Gasteiger partial charge in [0, 0.05) is 17.7 Å². The molecule has 0 amide bonds. The topological polar surface area (TPSA) is 26.9 Å². The maximum atomic E-state index is 14.0. The highest BCUT2D eigenvalue weighted by molar-refractivity contribution is 5.80. The molecule has 1 heterocycles. The van der Waals surface area contributed by atoms with Gasteiger partial charge in [-0.15, -0.1) is 0 Å². The van der Waals surface area contributed by atoms with E-state index >= 15 is 0 Å². The summed E-state index contributed by atoms with van der Waals surface area (Å²) >= 11 is 0. The van der Waals surface area contributed by atoms with Crippen molar-refractivity contribution in [3.8, 4) is 28.2 Å². The van der Waals surface area contributed by atoms with Crippen LogP contribution in [0, 0.1) is 5.92 Å². The molecule has 0 fully saturated rings. The molecule has 0 bridgehead atoms. The molecule has 3 nitrogen and oxygen atoms in total.